The van der Waals surface area contributed by atoms with Crippen LogP contribution >= 0.6 is 46.4 Å². The molecule has 0 spiro atoms. The van der Waals surface area contributed by atoms with Gasteiger partial charge in [0.2, 0.25) is 0 Å². The van der Waals surface area contributed by atoms with Crippen molar-refractivity contribution < 1.29 is 42.3 Å². The Morgan fingerprint density at radius 3 is 1.80 bits per heavy atom. The van der Waals surface area contributed by atoms with E-state index in [1.807, 2.05) is 38.1 Å². The first-order chi connectivity index (χ1) is 25.9. The van der Waals surface area contributed by atoms with Gasteiger partial charge in [-0.25, -0.2) is 9.59 Å². The van der Waals surface area contributed by atoms with E-state index in [4.69, 9.17) is 60.7 Å². The second-order valence-corrected chi connectivity index (χ2v) is 14.1. The van der Waals surface area contributed by atoms with Gasteiger partial charge in [0.25, 0.3) is 0 Å². The summed E-state index contributed by atoms with van der Waals surface area (Å²) >= 11 is 23.9. The minimum atomic E-state index is -4.77. The molecule has 0 bridgehead atoms. The molecule has 0 amide bonds. The lowest BCUT2D eigenvalue weighted by atomic mass is 9.88. The highest BCUT2D eigenvalue weighted by Gasteiger charge is 2.38. The van der Waals surface area contributed by atoms with Gasteiger partial charge in [-0.2, -0.15) is 13.2 Å². The molecular weight excluding hydrogens is 803 g/mol. The van der Waals surface area contributed by atoms with E-state index in [9.17, 15) is 28.0 Å². The molecule has 0 aromatic heterocycles. The Kier molecular flexibility index (Phi) is 14.4. The number of hydrogen-bond donors (Lipinski definition) is 1. The van der Waals surface area contributed by atoms with Gasteiger partial charge in [-0.1, -0.05) is 68.8 Å². The van der Waals surface area contributed by atoms with Gasteiger partial charge < -0.3 is 19.5 Å². The molecule has 1 aliphatic heterocycles. The number of carbonyl (C=O) groups is 2. The van der Waals surface area contributed by atoms with Crippen molar-refractivity contribution in [3.8, 4) is 0 Å². The highest BCUT2D eigenvalue weighted by Crippen LogP contribution is 2.39. The van der Waals surface area contributed by atoms with Crippen molar-refractivity contribution in [3.63, 3.8) is 0 Å². The van der Waals surface area contributed by atoms with Gasteiger partial charge in [-0.15, -0.1) is 0 Å². The molecule has 1 atom stereocenters. The van der Waals surface area contributed by atoms with Gasteiger partial charge in [0.15, 0.2) is 5.60 Å². The van der Waals surface area contributed by atoms with Crippen LogP contribution in [-0.4, -0.2) is 48.0 Å². The fraction of sp³-hybridized carbons (Fsp3) is 0.250. The minimum Gasteiger partial charge on any atom is -0.462 e. The first-order valence-electron chi connectivity index (χ1n) is 16.6. The Bertz CT molecular complexity index is 2150. The fourth-order valence-electron chi connectivity index (χ4n) is 5.60. The lowest BCUT2D eigenvalue weighted by Crippen LogP contribution is -2.22. The molecule has 1 N–H and O–H groups in total. The van der Waals surface area contributed by atoms with Crippen molar-refractivity contribution >= 4 is 75.3 Å². The van der Waals surface area contributed by atoms with Gasteiger partial charge in [0.1, 0.15) is 5.71 Å². The van der Waals surface area contributed by atoms with Crippen LogP contribution in [0.15, 0.2) is 89.2 Å². The zero-order valence-corrected chi connectivity index (χ0v) is 33.2. The summed E-state index contributed by atoms with van der Waals surface area (Å²) in [7, 11) is 0. The smallest absolute Gasteiger partial charge is 0.417 e. The molecule has 15 heteroatoms. The number of halogens is 7. The summed E-state index contributed by atoms with van der Waals surface area (Å²) in [4.78, 5) is 29.6. The second kappa shape index (κ2) is 18.4. The minimum absolute atomic E-state index is 0.0276. The predicted molar refractivity (Wildman–Crippen MR) is 209 cm³/mol. The molecule has 0 saturated carbocycles. The molecule has 290 valence electrons. The number of nitrogens with zero attached hydrogens (tertiary/aromatic N) is 2. The Morgan fingerprint density at radius 2 is 1.33 bits per heavy atom. The van der Waals surface area contributed by atoms with E-state index in [0.717, 1.165) is 34.5 Å². The Hall–Kier alpha value is -4.55. The van der Waals surface area contributed by atoms with Crippen LogP contribution in [0.3, 0.4) is 0 Å². The molecule has 5 rings (SSSR count). The van der Waals surface area contributed by atoms with E-state index in [1.54, 1.807) is 32.9 Å². The van der Waals surface area contributed by atoms with Gasteiger partial charge >= 0.3 is 18.1 Å². The van der Waals surface area contributed by atoms with E-state index in [-0.39, 0.29) is 45.0 Å². The highest BCUT2D eigenvalue weighted by molar-refractivity contribution is 6.35. The average molecular weight is 839 g/mol. The lowest BCUT2D eigenvalue weighted by molar-refractivity contribution is -0.0688. The summed E-state index contributed by atoms with van der Waals surface area (Å²) in [5, 5.41) is 17.8. The average Bonchev–Trinajstić information content (AvgIpc) is 3.51. The summed E-state index contributed by atoms with van der Waals surface area (Å²) in [6.07, 6.45) is -3.52. The Labute approximate surface area is 336 Å². The summed E-state index contributed by atoms with van der Waals surface area (Å²) in [5.41, 5.74) is 2.49. The third-order valence-corrected chi connectivity index (χ3v) is 9.15. The first-order valence-corrected chi connectivity index (χ1v) is 18.2. The van der Waals surface area contributed by atoms with Crippen LogP contribution in [0.25, 0.3) is 5.57 Å². The monoisotopic (exact) mass is 836 g/mol. The number of benzene rings is 4. The first kappa shape index (κ1) is 43.2. The normalized spacial score (nSPS) is 15.7. The molecule has 0 aliphatic carbocycles. The van der Waals surface area contributed by atoms with E-state index >= 15 is 0 Å². The van der Waals surface area contributed by atoms with Crippen LogP contribution < -0.4 is 0 Å². The quantitative estimate of drug-likeness (QED) is 0.0779. The predicted octanol–water partition coefficient (Wildman–Crippen LogP) is 11.8. The van der Waals surface area contributed by atoms with Crippen LogP contribution in [0.1, 0.15) is 81.3 Å². The number of aryl methyl sites for hydroxylation is 2. The van der Waals surface area contributed by atoms with E-state index in [1.165, 1.54) is 24.3 Å². The molecule has 0 saturated heterocycles. The van der Waals surface area contributed by atoms with Crippen molar-refractivity contribution in [3.05, 3.63) is 143 Å². The number of alkyl halides is 3. The molecule has 0 fully saturated rings. The largest absolute Gasteiger partial charge is 0.462 e. The zero-order chi connectivity index (χ0) is 40.7. The van der Waals surface area contributed by atoms with Crippen molar-refractivity contribution in [1.29, 1.82) is 0 Å². The number of allylic oxidation sites excluding steroid dienone is 2. The number of ether oxygens (including phenoxy) is 2. The number of rotatable bonds is 9. The third kappa shape index (κ3) is 11.0. The maximum Gasteiger partial charge on any atom is 0.417 e. The van der Waals surface area contributed by atoms with Crippen LogP contribution in [0.2, 0.25) is 20.1 Å². The molecule has 4 aromatic carbocycles. The summed E-state index contributed by atoms with van der Waals surface area (Å²) < 4.78 is 51.0. The SMILES string of the molecule is CCOC(=O)c1ccc(C(/C=C(/c2cc(Cl)cc(Cl)c2)C(F)(F)F)=N\O)cc1C.CCOC(=O)c1ccc(C2=NOC(C)(c3cc(Cl)cc(Cl)c3)C2)cc1C. The zero-order valence-electron chi connectivity index (χ0n) is 30.2. The molecule has 0 radical (unpaired) electrons. The van der Waals surface area contributed by atoms with Crippen molar-refractivity contribution in [1.82, 2.24) is 0 Å². The number of oxime groups is 2. The van der Waals surface area contributed by atoms with Crippen molar-refractivity contribution in [2.24, 2.45) is 10.3 Å². The summed E-state index contributed by atoms with van der Waals surface area (Å²) in [6, 6.07) is 18.6. The summed E-state index contributed by atoms with van der Waals surface area (Å²) in [5.74, 6) is -0.876. The molecule has 1 unspecified atom stereocenters. The third-order valence-electron chi connectivity index (χ3n) is 8.28. The number of esters is 2. The number of carbonyl (C=O) groups excluding carboxylic acids is 2. The molecule has 4 aromatic rings. The standard InChI is InChI=1S/C20H16Cl2F3NO3.C20H19Cl2NO3/c1-3-29-19(27)16-5-4-12(6-11(16)2)18(26-28)10-17(20(23,24)25)13-7-14(21)9-15(22)8-13;1-4-25-19(24)17-6-5-13(7-12(17)2)18-11-20(3,26-23-18)14-8-15(21)10-16(22)9-14/h4-10,28H,3H2,1-2H3;5-10H,4,11H2,1-3H3/b17-10-,26-18-;. The van der Waals surface area contributed by atoms with Crippen LogP contribution in [-0.2, 0) is 19.9 Å². The van der Waals surface area contributed by atoms with Crippen LogP contribution in [0, 0.1) is 13.8 Å². The maximum absolute atomic E-state index is 13.7. The van der Waals surface area contributed by atoms with Gasteiger partial charge in [0, 0.05) is 37.6 Å². The molecular formula is C40H35Cl4F3N2O6. The van der Waals surface area contributed by atoms with E-state index in [2.05, 4.69) is 10.3 Å². The van der Waals surface area contributed by atoms with Crippen LogP contribution in [0.5, 0.6) is 0 Å². The second-order valence-electron chi connectivity index (χ2n) is 12.4. The van der Waals surface area contributed by atoms with Gasteiger partial charge in [0.05, 0.1) is 35.6 Å². The van der Waals surface area contributed by atoms with Crippen LogP contribution in [0.4, 0.5) is 13.2 Å². The van der Waals surface area contributed by atoms with E-state index < -0.39 is 23.3 Å². The maximum atomic E-state index is 13.7. The highest BCUT2D eigenvalue weighted by atomic mass is 35.5. The molecule has 55 heavy (non-hydrogen) atoms. The molecule has 1 aliphatic rings. The molecule has 1 heterocycles. The topological polar surface area (TPSA) is 107 Å². The van der Waals surface area contributed by atoms with Gasteiger partial charge in [-0.05, 0) is 124 Å². The van der Waals surface area contributed by atoms with Crippen molar-refractivity contribution in [2.45, 2.75) is 52.8 Å². The van der Waals surface area contributed by atoms with Gasteiger partial charge in [-0.3, -0.25) is 0 Å². The summed E-state index contributed by atoms with van der Waals surface area (Å²) in [6.45, 7) is 9.40. The Balaban J connectivity index is 0.000000246. The fourth-order valence-corrected chi connectivity index (χ4v) is 6.65. The Morgan fingerprint density at radius 1 is 0.818 bits per heavy atom. The lowest BCUT2D eigenvalue weighted by Gasteiger charge is -2.22. The number of hydrogen-bond acceptors (Lipinski definition) is 8. The van der Waals surface area contributed by atoms with Crippen molar-refractivity contribution in [2.75, 3.05) is 13.2 Å². The molecule has 8 nitrogen and oxygen atoms in total. The van der Waals surface area contributed by atoms with E-state index in [0.29, 0.717) is 40.3 Å².